The molecule has 0 bridgehead atoms. The quantitative estimate of drug-likeness (QED) is 0.313. The second-order valence-electron chi connectivity index (χ2n) is 6.71. The Morgan fingerprint density at radius 3 is 2.62 bits per heavy atom. The maximum Gasteiger partial charge on any atom is 0.308 e. The van der Waals surface area contributed by atoms with Gasteiger partial charge in [0, 0.05) is 4.86 Å². The fourth-order valence-electron chi connectivity index (χ4n) is 4.01. The number of rotatable bonds is 2. The second kappa shape index (κ2) is 6.67. The summed E-state index contributed by atoms with van der Waals surface area (Å²) in [5.74, 6) is -2.13. The third-order valence-corrected chi connectivity index (χ3v) is 5.81. The lowest BCUT2D eigenvalue weighted by Gasteiger charge is -2.28. The summed E-state index contributed by atoms with van der Waals surface area (Å²) in [5.41, 5.74) is 15.3. The van der Waals surface area contributed by atoms with Crippen LogP contribution in [0, 0.1) is 17.6 Å². The van der Waals surface area contributed by atoms with E-state index in [1.54, 1.807) is 0 Å². The molecule has 0 aromatic heterocycles. The minimum Gasteiger partial charge on any atom is -0.361 e. The lowest BCUT2D eigenvalue weighted by molar-refractivity contribution is -0.00809. The van der Waals surface area contributed by atoms with E-state index in [0.29, 0.717) is 22.6 Å². The first kappa shape index (κ1) is 17.0. The van der Waals surface area contributed by atoms with Gasteiger partial charge in [-0.2, -0.15) is 4.79 Å². The molecule has 2 aromatic rings. The van der Waals surface area contributed by atoms with Gasteiger partial charge in [0.05, 0.1) is 11.5 Å². The van der Waals surface area contributed by atoms with Crippen molar-refractivity contribution in [2.75, 3.05) is 0 Å². The van der Waals surface area contributed by atoms with Gasteiger partial charge in [0.2, 0.25) is 0 Å². The fraction of sp³-hybridized carbons (Fsp3) is 0.238. The third kappa shape index (κ3) is 2.74. The van der Waals surface area contributed by atoms with Crippen molar-refractivity contribution in [2.45, 2.75) is 25.7 Å². The average molecular weight is 366 g/mol. The van der Waals surface area contributed by atoms with Gasteiger partial charge in [0.15, 0.2) is 11.6 Å². The third-order valence-electron chi connectivity index (χ3n) is 5.29. The highest BCUT2D eigenvalue weighted by Crippen LogP contribution is 2.41. The van der Waals surface area contributed by atoms with Crippen molar-refractivity contribution in [1.29, 1.82) is 0 Å². The van der Waals surface area contributed by atoms with E-state index in [4.69, 9.17) is 12.2 Å². The molecule has 2 aromatic carbocycles. The van der Waals surface area contributed by atoms with E-state index in [1.165, 1.54) is 17.2 Å². The molecule has 2 aliphatic carbocycles. The Morgan fingerprint density at radius 1 is 1.04 bits per heavy atom. The molecule has 5 heteroatoms. The van der Waals surface area contributed by atoms with Crippen molar-refractivity contribution in [3.8, 4) is 0 Å². The van der Waals surface area contributed by atoms with Crippen LogP contribution in [0.4, 0.5) is 8.78 Å². The number of fused-ring (bicyclic) bond motifs is 2. The number of nitrogens with zero attached hydrogens (tertiary/aromatic N) is 2. The van der Waals surface area contributed by atoms with Crippen LogP contribution >= 0.6 is 12.2 Å². The predicted octanol–water partition coefficient (Wildman–Crippen LogP) is 5.16. The SMILES string of the molecule is [N-]=[N+]=C1C2=C(CCc3ccccc32)CCC1C(=S)c1ccc(F)c(F)c1. The molecule has 26 heavy (non-hydrogen) atoms. The van der Waals surface area contributed by atoms with E-state index in [-0.39, 0.29) is 5.92 Å². The minimum absolute atomic E-state index is 0.301. The molecule has 0 amide bonds. The zero-order valence-electron chi connectivity index (χ0n) is 14.0. The summed E-state index contributed by atoms with van der Waals surface area (Å²) in [6.07, 6.45) is 3.48. The number of halogens is 2. The first-order valence-corrected chi connectivity index (χ1v) is 9.03. The molecule has 0 fully saturated rings. The normalized spacial score (nSPS) is 18.8. The number of hydrogen-bond acceptors (Lipinski definition) is 1. The lowest BCUT2D eigenvalue weighted by atomic mass is 9.72. The maximum absolute atomic E-state index is 13.6. The Labute approximate surface area is 155 Å². The Morgan fingerprint density at radius 2 is 1.85 bits per heavy atom. The van der Waals surface area contributed by atoms with Crippen LogP contribution in [0.2, 0.25) is 0 Å². The van der Waals surface area contributed by atoms with Gasteiger partial charge >= 0.3 is 5.71 Å². The number of allylic oxidation sites excluding steroid dienone is 2. The van der Waals surface area contributed by atoms with Crippen LogP contribution in [0.5, 0.6) is 0 Å². The van der Waals surface area contributed by atoms with Crippen molar-refractivity contribution < 1.29 is 13.6 Å². The number of aryl methyl sites for hydroxylation is 1. The molecule has 0 radical (unpaired) electrons. The van der Waals surface area contributed by atoms with Crippen LogP contribution in [0.15, 0.2) is 48.0 Å². The van der Waals surface area contributed by atoms with Gasteiger partial charge in [-0.25, -0.2) is 8.78 Å². The highest BCUT2D eigenvalue weighted by molar-refractivity contribution is 7.81. The summed E-state index contributed by atoms with van der Waals surface area (Å²) < 4.78 is 26.9. The second-order valence-corrected chi connectivity index (χ2v) is 7.15. The van der Waals surface area contributed by atoms with Gasteiger partial charge in [0.1, 0.15) is 0 Å². The van der Waals surface area contributed by atoms with Gasteiger partial charge < -0.3 is 5.53 Å². The Balaban J connectivity index is 1.77. The van der Waals surface area contributed by atoms with Gasteiger partial charge in [-0.1, -0.05) is 48.1 Å². The van der Waals surface area contributed by atoms with E-state index < -0.39 is 11.6 Å². The monoisotopic (exact) mass is 366 g/mol. The summed E-state index contributed by atoms with van der Waals surface area (Å²) in [7, 11) is 0. The van der Waals surface area contributed by atoms with Crippen molar-refractivity contribution >= 4 is 28.4 Å². The van der Waals surface area contributed by atoms with E-state index >= 15 is 0 Å². The molecule has 0 heterocycles. The molecule has 1 unspecified atom stereocenters. The fourth-order valence-corrected chi connectivity index (χ4v) is 4.36. The molecule has 2 aliphatic rings. The largest absolute Gasteiger partial charge is 0.361 e. The minimum atomic E-state index is -0.925. The van der Waals surface area contributed by atoms with Crippen LogP contribution in [0.25, 0.3) is 11.1 Å². The van der Waals surface area contributed by atoms with Crippen molar-refractivity contribution in [3.05, 3.63) is 81.9 Å². The summed E-state index contributed by atoms with van der Waals surface area (Å²) in [4.78, 5) is 4.08. The Hall–Kier alpha value is -2.49. The molecule has 0 spiro atoms. The zero-order chi connectivity index (χ0) is 18.3. The van der Waals surface area contributed by atoms with Gasteiger partial charge in [0.25, 0.3) is 0 Å². The highest BCUT2D eigenvalue weighted by atomic mass is 32.1. The molecule has 1 atom stereocenters. The van der Waals surface area contributed by atoms with Crippen LogP contribution < -0.4 is 0 Å². The topological polar surface area (TPSA) is 36.4 Å². The Bertz CT molecular complexity index is 1000. The highest BCUT2D eigenvalue weighted by Gasteiger charge is 2.39. The van der Waals surface area contributed by atoms with E-state index in [0.717, 1.165) is 42.5 Å². The zero-order valence-corrected chi connectivity index (χ0v) is 14.8. The first-order chi connectivity index (χ1) is 12.6. The van der Waals surface area contributed by atoms with Crippen LogP contribution in [0.3, 0.4) is 0 Å². The van der Waals surface area contributed by atoms with E-state index in [9.17, 15) is 14.3 Å². The predicted molar refractivity (Wildman–Crippen MR) is 101 cm³/mol. The molecular formula is C21H16F2N2S. The summed E-state index contributed by atoms with van der Waals surface area (Å²) >= 11 is 5.58. The number of benzene rings is 2. The maximum atomic E-state index is 13.6. The van der Waals surface area contributed by atoms with E-state index in [2.05, 4.69) is 10.9 Å². The molecule has 0 saturated heterocycles. The smallest absolute Gasteiger partial charge is 0.308 e. The van der Waals surface area contributed by atoms with Gasteiger partial charge in [-0.15, -0.1) is 0 Å². The summed E-state index contributed by atoms with van der Waals surface area (Å²) in [6, 6.07) is 11.8. The molecular weight excluding hydrogens is 350 g/mol. The Kier molecular flexibility index (Phi) is 4.35. The van der Waals surface area contributed by atoms with Crippen molar-refractivity contribution in [1.82, 2.24) is 0 Å². The standard InChI is InChI=1S/C21H16F2N2S/c22-17-10-8-14(11-18(17)23)21(26)16-9-7-13-6-5-12-3-1-2-4-15(12)19(13)20(16)25-24/h1-4,8,10-11,16H,5-7,9H2. The molecule has 2 nitrogen and oxygen atoms in total. The van der Waals surface area contributed by atoms with Crippen LogP contribution in [-0.2, 0) is 6.42 Å². The van der Waals surface area contributed by atoms with Crippen molar-refractivity contribution in [2.24, 2.45) is 5.92 Å². The lowest BCUT2D eigenvalue weighted by Crippen LogP contribution is -2.31. The van der Waals surface area contributed by atoms with Crippen LogP contribution in [0.1, 0.15) is 36.0 Å². The molecule has 0 aliphatic heterocycles. The first-order valence-electron chi connectivity index (χ1n) is 8.62. The molecule has 0 N–H and O–H groups in total. The summed E-state index contributed by atoms with van der Waals surface area (Å²) in [6.45, 7) is 0. The molecule has 130 valence electrons. The molecule has 0 saturated carbocycles. The van der Waals surface area contributed by atoms with Crippen molar-refractivity contribution in [3.63, 3.8) is 0 Å². The van der Waals surface area contributed by atoms with Gasteiger partial charge in [-0.05, 0) is 54.5 Å². The van der Waals surface area contributed by atoms with Gasteiger partial charge in [-0.3, -0.25) is 0 Å². The molecule has 4 rings (SSSR count). The summed E-state index contributed by atoms with van der Waals surface area (Å²) in [5, 5.41) is 0. The number of hydrogen-bond donors (Lipinski definition) is 0. The van der Waals surface area contributed by atoms with Crippen LogP contribution in [-0.4, -0.2) is 15.4 Å². The number of thiocarbonyl (C=S) groups is 1. The van der Waals surface area contributed by atoms with E-state index in [1.807, 2.05) is 18.2 Å². The average Bonchev–Trinajstić information content (AvgIpc) is 2.68.